The molecule has 3 nitrogen and oxygen atoms in total. The van der Waals surface area contributed by atoms with E-state index in [1.165, 1.54) is 57.8 Å². The van der Waals surface area contributed by atoms with Gasteiger partial charge in [0, 0.05) is 0 Å². The molecule has 3 heteroatoms. The van der Waals surface area contributed by atoms with E-state index in [-0.39, 0.29) is 6.61 Å². The summed E-state index contributed by atoms with van der Waals surface area (Å²) in [5, 5.41) is 18.5. The molecule has 0 saturated carbocycles. The van der Waals surface area contributed by atoms with E-state index in [9.17, 15) is 5.11 Å². The summed E-state index contributed by atoms with van der Waals surface area (Å²) in [6.07, 6.45) is 16.3. The Morgan fingerprint density at radius 1 is 0.905 bits per heavy atom. The predicted molar refractivity (Wildman–Crippen MR) is 91.2 cm³/mol. The summed E-state index contributed by atoms with van der Waals surface area (Å²) in [6, 6.07) is -0.568. The van der Waals surface area contributed by atoms with Gasteiger partial charge in [-0.15, -0.1) is 0 Å². The monoisotopic (exact) mass is 299 g/mol. The van der Waals surface area contributed by atoms with Crippen LogP contribution in [-0.2, 0) is 0 Å². The first-order chi connectivity index (χ1) is 10.1. The van der Waals surface area contributed by atoms with E-state index in [4.69, 9.17) is 10.8 Å². The van der Waals surface area contributed by atoms with Crippen molar-refractivity contribution < 1.29 is 10.2 Å². The molecule has 0 aliphatic heterocycles. The third-order valence-corrected chi connectivity index (χ3v) is 4.05. The Kier molecular flexibility index (Phi) is 14.3. The number of rotatable bonds is 14. The molecule has 0 radical (unpaired) electrons. The highest BCUT2D eigenvalue weighted by molar-refractivity contribution is 4.95. The average molecular weight is 299 g/mol. The van der Waals surface area contributed by atoms with Crippen molar-refractivity contribution in [2.45, 2.75) is 90.2 Å². The second-order valence-electron chi connectivity index (χ2n) is 6.32. The highest BCUT2D eigenvalue weighted by atomic mass is 16.3. The molecule has 0 heterocycles. The van der Waals surface area contributed by atoms with Crippen LogP contribution in [0.4, 0.5) is 0 Å². The maximum atomic E-state index is 9.63. The number of hydrogen-bond donors (Lipinski definition) is 3. The lowest BCUT2D eigenvalue weighted by atomic mass is 10.00. The summed E-state index contributed by atoms with van der Waals surface area (Å²) in [7, 11) is 0. The zero-order chi connectivity index (χ0) is 15.9. The Morgan fingerprint density at radius 2 is 1.43 bits per heavy atom. The third-order valence-electron chi connectivity index (χ3n) is 4.05. The standard InChI is InChI=1S/C18H37NO2/c1-3-4-5-6-7-8-9-10-11-12-16(2)13-14-18(21)17(19)15-20/h13-14,16-18,20-21H,3-12,15,19H2,1-2H3/b14-13-. The second-order valence-corrected chi connectivity index (χ2v) is 6.32. The number of hydrogen-bond acceptors (Lipinski definition) is 3. The van der Waals surface area contributed by atoms with Crippen LogP contribution < -0.4 is 5.73 Å². The summed E-state index contributed by atoms with van der Waals surface area (Å²) in [4.78, 5) is 0. The van der Waals surface area contributed by atoms with E-state index < -0.39 is 12.1 Å². The molecule has 0 aromatic rings. The number of aliphatic hydroxyl groups excluding tert-OH is 2. The van der Waals surface area contributed by atoms with Gasteiger partial charge in [-0.3, -0.25) is 0 Å². The first-order valence-corrected chi connectivity index (χ1v) is 8.84. The summed E-state index contributed by atoms with van der Waals surface area (Å²) in [5.74, 6) is 0.468. The maximum Gasteiger partial charge on any atom is 0.0894 e. The molecule has 0 aromatic heterocycles. The lowest BCUT2D eigenvalue weighted by Gasteiger charge is -2.13. The fourth-order valence-corrected chi connectivity index (χ4v) is 2.43. The van der Waals surface area contributed by atoms with Gasteiger partial charge in [-0.05, 0) is 12.3 Å². The van der Waals surface area contributed by atoms with E-state index in [1.54, 1.807) is 6.08 Å². The molecule has 4 N–H and O–H groups in total. The van der Waals surface area contributed by atoms with Crippen LogP contribution in [0.3, 0.4) is 0 Å². The first kappa shape index (κ1) is 20.6. The zero-order valence-corrected chi connectivity index (χ0v) is 14.1. The van der Waals surface area contributed by atoms with Crippen molar-refractivity contribution in [2.75, 3.05) is 6.61 Å². The average Bonchev–Trinajstić information content (AvgIpc) is 2.50. The molecule has 0 amide bonds. The van der Waals surface area contributed by atoms with Gasteiger partial charge < -0.3 is 15.9 Å². The number of nitrogens with two attached hydrogens (primary N) is 1. The molecular weight excluding hydrogens is 262 g/mol. The molecule has 0 rings (SSSR count). The van der Waals surface area contributed by atoms with E-state index in [1.807, 2.05) is 6.08 Å². The Hall–Kier alpha value is -0.380. The molecule has 0 fully saturated rings. The molecule has 0 spiro atoms. The van der Waals surface area contributed by atoms with Crippen molar-refractivity contribution >= 4 is 0 Å². The van der Waals surface area contributed by atoms with Crippen molar-refractivity contribution in [2.24, 2.45) is 11.7 Å². The number of aliphatic hydroxyl groups is 2. The normalized spacial score (nSPS) is 16.2. The second kappa shape index (κ2) is 14.6. The maximum absolute atomic E-state index is 9.63. The molecule has 0 saturated heterocycles. The third kappa shape index (κ3) is 13.0. The molecule has 126 valence electrons. The van der Waals surface area contributed by atoms with Gasteiger partial charge in [0.15, 0.2) is 0 Å². The van der Waals surface area contributed by atoms with E-state index in [0.29, 0.717) is 5.92 Å². The highest BCUT2D eigenvalue weighted by Crippen LogP contribution is 2.14. The molecule has 0 aliphatic carbocycles. The van der Waals surface area contributed by atoms with Gasteiger partial charge in [0.1, 0.15) is 0 Å². The van der Waals surface area contributed by atoms with Gasteiger partial charge in [-0.2, -0.15) is 0 Å². The fourth-order valence-electron chi connectivity index (χ4n) is 2.43. The van der Waals surface area contributed by atoms with Crippen LogP contribution in [0.25, 0.3) is 0 Å². The minimum Gasteiger partial charge on any atom is -0.395 e. The summed E-state index contributed by atoms with van der Waals surface area (Å²) < 4.78 is 0. The number of unbranched alkanes of at least 4 members (excludes halogenated alkanes) is 8. The van der Waals surface area contributed by atoms with Crippen molar-refractivity contribution in [1.29, 1.82) is 0 Å². The zero-order valence-electron chi connectivity index (χ0n) is 14.1. The van der Waals surface area contributed by atoms with Gasteiger partial charge in [0.25, 0.3) is 0 Å². The molecule has 3 atom stereocenters. The Bertz CT molecular complexity index is 243. The Labute approximate surface area is 131 Å². The van der Waals surface area contributed by atoms with Crippen molar-refractivity contribution in [3.05, 3.63) is 12.2 Å². The van der Waals surface area contributed by atoms with Crippen LogP contribution >= 0.6 is 0 Å². The van der Waals surface area contributed by atoms with Crippen molar-refractivity contribution in [3.8, 4) is 0 Å². The van der Waals surface area contributed by atoms with Crippen LogP contribution in [0.5, 0.6) is 0 Å². The predicted octanol–water partition coefficient (Wildman–Crippen LogP) is 3.78. The largest absolute Gasteiger partial charge is 0.395 e. The van der Waals surface area contributed by atoms with Crippen LogP contribution in [0.15, 0.2) is 12.2 Å². The lowest BCUT2D eigenvalue weighted by molar-refractivity contribution is 0.144. The fraction of sp³-hybridized carbons (Fsp3) is 0.889. The summed E-state index contributed by atoms with van der Waals surface area (Å²) >= 11 is 0. The summed E-state index contributed by atoms with van der Waals surface area (Å²) in [6.45, 7) is 4.24. The van der Waals surface area contributed by atoms with Crippen LogP contribution in [0.1, 0.15) is 78.1 Å². The molecule has 0 bridgehead atoms. The molecule has 21 heavy (non-hydrogen) atoms. The highest BCUT2D eigenvalue weighted by Gasteiger charge is 2.09. The first-order valence-electron chi connectivity index (χ1n) is 8.84. The van der Waals surface area contributed by atoms with Crippen LogP contribution in [0, 0.1) is 5.92 Å². The van der Waals surface area contributed by atoms with E-state index >= 15 is 0 Å². The Morgan fingerprint density at radius 3 is 1.95 bits per heavy atom. The van der Waals surface area contributed by atoms with Gasteiger partial charge >= 0.3 is 0 Å². The van der Waals surface area contributed by atoms with Crippen molar-refractivity contribution in [3.63, 3.8) is 0 Å². The van der Waals surface area contributed by atoms with Crippen LogP contribution in [-0.4, -0.2) is 29.0 Å². The van der Waals surface area contributed by atoms with Gasteiger partial charge in [0.2, 0.25) is 0 Å². The van der Waals surface area contributed by atoms with Gasteiger partial charge in [0.05, 0.1) is 18.8 Å². The summed E-state index contributed by atoms with van der Waals surface area (Å²) in [5.41, 5.74) is 5.55. The molecule has 0 aliphatic rings. The molecule has 3 unspecified atom stereocenters. The minimum absolute atomic E-state index is 0.182. The van der Waals surface area contributed by atoms with Crippen molar-refractivity contribution in [1.82, 2.24) is 0 Å². The smallest absolute Gasteiger partial charge is 0.0894 e. The lowest BCUT2D eigenvalue weighted by Crippen LogP contribution is -2.36. The molecule has 0 aromatic carbocycles. The SMILES string of the molecule is CCCCCCCCCCCC(C)/C=C\C(O)C(N)CO. The molecular formula is C18H37NO2. The quantitative estimate of drug-likeness (QED) is 0.338. The van der Waals surface area contributed by atoms with Gasteiger partial charge in [-0.25, -0.2) is 0 Å². The van der Waals surface area contributed by atoms with E-state index in [2.05, 4.69) is 13.8 Å². The minimum atomic E-state index is -0.736. The van der Waals surface area contributed by atoms with Gasteiger partial charge in [-0.1, -0.05) is 83.8 Å². The topological polar surface area (TPSA) is 66.5 Å². The number of allylic oxidation sites excluding steroid dienone is 1. The van der Waals surface area contributed by atoms with Crippen LogP contribution in [0.2, 0.25) is 0 Å². The Balaban J connectivity index is 3.45. The van der Waals surface area contributed by atoms with E-state index in [0.717, 1.165) is 6.42 Å².